The number of rotatable bonds is 10. The SMILES string of the molecule is C=CCc1cc(CNC(=NC)NCCc2ccccc2OC)cc(OC)c1OC.I. The number of benzene rings is 2. The van der Waals surface area contributed by atoms with E-state index in [0.29, 0.717) is 18.7 Å². The Hall–Kier alpha value is -2.42. The highest BCUT2D eigenvalue weighted by atomic mass is 127. The summed E-state index contributed by atoms with van der Waals surface area (Å²) in [6, 6.07) is 12.1. The van der Waals surface area contributed by atoms with E-state index in [9.17, 15) is 0 Å². The second kappa shape index (κ2) is 13.7. The molecule has 2 rings (SSSR count). The maximum absolute atomic E-state index is 5.50. The van der Waals surface area contributed by atoms with Crippen molar-refractivity contribution in [2.45, 2.75) is 19.4 Å². The van der Waals surface area contributed by atoms with Crippen molar-refractivity contribution in [3.63, 3.8) is 0 Å². The molecule has 6 nitrogen and oxygen atoms in total. The first-order valence-electron chi connectivity index (χ1n) is 9.57. The minimum absolute atomic E-state index is 0. The van der Waals surface area contributed by atoms with Gasteiger partial charge in [0.25, 0.3) is 0 Å². The van der Waals surface area contributed by atoms with Gasteiger partial charge in [0.1, 0.15) is 5.75 Å². The molecule has 0 heterocycles. The topological polar surface area (TPSA) is 64.1 Å². The maximum Gasteiger partial charge on any atom is 0.191 e. The summed E-state index contributed by atoms with van der Waals surface area (Å²) in [5.74, 6) is 3.09. The number of aliphatic imine (C=N–C) groups is 1. The van der Waals surface area contributed by atoms with E-state index in [1.807, 2.05) is 30.3 Å². The zero-order valence-corrected chi connectivity index (χ0v) is 20.5. The summed E-state index contributed by atoms with van der Waals surface area (Å²) in [7, 11) is 6.74. The van der Waals surface area contributed by atoms with Crippen LogP contribution in [0.4, 0.5) is 0 Å². The van der Waals surface area contributed by atoms with Gasteiger partial charge in [0.2, 0.25) is 0 Å². The van der Waals surface area contributed by atoms with Gasteiger partial charge >= 0.3 is 0 Å². The average molecular weight is 525 g/mol. The third-order valence-electron chi connectivity index (χ3n) is 4.54. The lowest BCUT2D eigenvalue weighted by atomic mass is 10.1. The van der Waals surface area contributed by atoms with Crippen molar-refractivity contribution in [1.82, 2.24) is 10.6 Å². The molecule has 0 saturated heterocycles. The smallest absolute Gasteiger partial charge is 0.191 e. The van der Waals surface area contributed by atoms with E-state index in [2.05, 4.69) is 34.3 Å². The minimum atomic E-state index is 0. The number of nitrogens with zero attached hydrogens (tertiary/aromatic N) is 1. The zero-order valence-electron chi connectivity index (χ0n) is 18.2. The van der Waals surface area contributed by atoms with Gasteiger partial charge in [0.15, 0.2) is 17.5 Å². The van der Waals surface area contributed by atoms with Crippen molar-refractivity contribution in [2.75, 3.05) is 34.9 Å². The molecule has 7 heteroatoms. The molecule has 164 valence electrons. The second-order valence-electron chi connectivity index (χ2n) is 6.40. The number of hydrogen-bond acceptors (Lipinski definition) is 4. The summed E-state index contributed by atoms with van der Waals surface area (Å²) in [5, 5.41) is 6.69. The van der Waals surface area contributed by atoms with E-state index in [4.69, 9.17) is 14.2 Å². The van der Waals surface area contributed by atoms with Gasteiger partial charge in [0, 0.05) is 25.7 Å². The van der Waals surface area contributed by atoms with Crippen molar-refractivity contribution in [1.29, 1.82) is 0 Å². The number of nitrogens with one attached hydrogen (secondary N) is 2. The van der Waals surface area contributed by atoms with Crippen LogP contribution in [0.15, 0.2) is 54.0 Å². The molecule has 0 spiro atoms. The lowest BCUT2D eigenvalue weighted by Crippen LogP contribution is -2.37. The van der Waals surface area contributed by atoms with Crippen LogP contribution >= 0.6 is 24.0 Å². The Morgan fingerprint density at radius 2 is 1.73 bits per heavy atom. The normalized spacial score (nSPS) is 10.6. The van der Waals surface area contributed by atoms with E-state index >= 15 is 0 Å². The third kappa shape index (κ3) is 7.12. The number of guanidine groups is 1. The second-order valence-corrected chi connectivity index (χ2v) is 6.40. The summed E-state index contributed by atoms with van der Waals surface area (Å²) >= 11 is 0. The number of allylic oxidation sites excluding steroid dienone is 1. The lowest BCUT2D eigenvalue weighted by Gasteiger charge is -2.16. The van der Waals surface area contributed by atoms with Crippen molar-refractivity contribution in [2.24, 2.45) is 4.99 Å². The monoisotopic (exact) mass is 525 g/mol. The largest absolute Gasteiger partial charge is 0.496 e. The number of hydrogen-bond donors (Lipinski definition) is 2. The minimum Gasteiger partial charge on any atom is -0.496 e. The zero-order chi connectivity index (χ0) is 21.1. The average Bonchev–Trinajstić information content (AvgIpc) is 2.76. The molecule has 0 aliphatic rings. The molecule has 0 saturated carbocycles. The Labute approximate surface area is 196 Å². The van der Waals surface area contributed by atoms with E-state index in [0.717, 1.165) is 47.1 Å². The molecule has 0 unspecified atom stereocenters. The fourth-order valence-corrected chi connectivity index (χ4v) is 3.15. The van der Waals surface area contributed by atoms with Gasteiger partial charge < -0.3 is 24.8 Å². The van der Waals surface area contributed by atoms with Crippen LogP contribution in [0.5, 0.6) is 17.2 Å². The predicted molar refractivity (Wildman–Crippen MR) is 134 cm³/mol. The Kier molecular flexibility index (Phi) is 11.7. The molecule has 0 aromatic heterocycles. The predicted octanol–water partition coefficient (Wildman–Crippen LogP) is 3.97. The fraction of sp³-hybridized carbons (Fsp3) is 0.348. The maximum atomic E-state index is 5.50. The molecule has 2 aromatic carbocycles. The first-order chi connectivity index (χ1) is 14.2. The van der Waals surface area contributed by atoms with Crippen LogP contribution in [0.2, 0.25) is 0 Å². The van der Waals surface area contributed by atoms with E-state index in [-0.39, 0.29) is 24.0 Å². The molecule has 0 aliphatic carbocycles. The molecule has 2 aromatic rings. The van der Waals surface area contributed by atoms with Crippen molar-refractivity contribution in [3.05, 3.63) is 65.7 Å². The Bertz CT molecular complexity index is 840. The Balaban J connectivity index is 0.00000450. The van der Waals surface area contributed by atoms with Gasteiger partial charge in [-0.25, -0.2) is 0 Å². The van der Waals surface area contributed by atoms with Gasteiger partial charge in [-0.15, -0.1) is 30.6 Å². The van der Waals surface area contributed by atoms with Crippen molar-refractivity contribution >= 4 is 29.9 Å². The molecule has 0 aliphatic heterocycles. The van der Waals surface area contributed by atoms with Crippen molar-refractivity contribution in [3.8, 4) is 17.2 Å². The Morgan fingerprint density at radius 1 is 1.00 bits per heavy atom. The van der Waals surface area contributed by atoms with Gasteiger partial charge in [-0.3, -0.25) is 4.99 Å². The molecular weight excluding hydrogens is 493 g/mol. The summed E-state index contributed by atoms with van der Waals surface area (Å²) < 4.78 is 16.4. The van der Waals surface area contributed by atoms with E-state index in [1.54, 1.807) is 28.4 Å². The third-order valence-corrected chi connectivity index (χ3v) is 4.54. The van der Waals surface area contributed by atoms with Crippen LogP contribution in [0.1, 0.15) is 16.7 Å². The standard InChI is InChI=1S/C23H31N3O3.HI/c1-6-9-19-14-17(15-21(28-4)22(19)29-5)16-26-23(24-2)25-13-12-18-10-7-8-11-20(18)27-3;/h6-8,10-11,14-15H,1,9,12-13,16H2,2-5H3,(H2,24,25,26);1H. The first-order valence-corrected chi connectivity index (χ1v) is 9.57. The van der Waals surface area contributed by atoms with Crippen LogP contribution in [-0.2, 0) is 19.4 Å². The molecule has 0 radical (unpaired) electrons. The Morgan fingerprint density at radius 3 is 2.37 bits per heavy atom. The quantitative estimate of drug-likeness (QED) is 0.213. The van der Waals surface area contributed by atoms with Crippen molar-refractivity contribution < 1.29 is 14.2 Å². The number of methoxy groups -OCH3 is 3. The summed E-state index contributed by atoms with van der Waals surface area (Å²) in [6.45, 7) is 5.18. The molecular formula is C23H32IN3O3. The number of para-hydroxylation sites is 1. The number of ether oxygens (including phenoxy) is 3. The molecule has 2 N–H and O–H groups in total. The molecule has 30 heavy (non-hydrogen) atoms. The van der Waals surface area contributed by atoms with Crippen LogP contribution in [0.25, 0.3) is 0 Å². The summed E-state index contributed by atoms with van der Waals surface area (Å²) in [6.07, 6.45) is 3.40. The van der Waals surface area contributed by atoms with Crippen LogP contribution in [0.3, 0.4) is 0 Å². The van der Waals surface area contributed by atoms with Gasteiger partial charge in [-0.2, -0.15) is 0 Å². The highest BCUT2D eigenvalue weighted by Crippen LogP contribution is 2.33. The van der Waals surface area contributed by atoms with Gasteiger partial charge in [-0.05, 0) is 42.2 Å². The molecule has 0 fully saturated rings. The highest BCUT2D eigenvalue weighted by Gasteiger charge is 2.12. The van der Waals surface area contributed by atoms with Crippen LogP contribution in [0, 0.1) is 0 Å². The first kappa shape index (κ1) is 25.6. The fourth-order valence-electron chi connectivity index (χ4n) is 3.15. The lowest BCUT2D eigenvalue weighted by molar-refractivity contribution is 0.352. The van der Waals surface area contributed by atoms with E-state index in [1.165, 1.54) is 0 Å². The molecule has 0 bridgehead atoms. The summed E-state index contributed by atoms with van der Waals surface area (Å²) in [4.78, 5) is 4.30. The summed E-state index contributed by atoms with van der Waals surface area (Å²) in [5.41, 5.74) is 3.27. The van der Waals surface area contributed by atoms with Crippen LogP contribution < -0.4 is 24.8 Å². The highest BCUT2D eigenvalue weighted by molar-refractivity contribution is 14.0. The van der Waals surface area contributed by atoms with Gasteiger partial charge in [0.05, 0.1) is 21.3 Å². The van der Waals surface area contributed by atoms with Crippen LogP contribution in [-0.4, -0.2) is 40.9 Å². The molecule has 0 atom stereocenters. The molecule has 0 amide bonds. The van der Waals surface area contributed by atoms with Gasteiger partial charge in [-0.1, -0.05) is 24.3 Å². The van der Waals surface area contributed by atoms with E-state index < -0.39 is 0 Å². The number of halogens is 1.